The molecule has 0 spiro atoms. The van der Waals surface area contributed by atoms with Crippen LogP contribution in [0.4, 0.5) is 24.8 Å². The summed E-state index contributed by atoms with van der Waals surface area (Å²) in [5, 5.41) is 6.22. The van der Waals surface area contributed by atoms with Crippen molar-refractivity contribution in [3.63, 3.8) is 0 Å². The van der Waals surface area contributed by atoms with E-state index in [0.717, 1.165) is 105 Å². The van der Waals surface area contributed by atoms with Gasteiger partial charge in [-0.05, 0) is 88.0 Å². The van der Waals surface area contributed by atoms with Crippen LogP contribution in [0.15, 0.2) is 47.5 Å². The van der Waals surface area contributed by atoms with Crippen LogP contribution in [-0.4, -0.2) is 172 Å². The molecule has 2 N–H and O–H groups in total. The van der Waals surface area contributed by atoms with Crippen molar-refractivity contribution < 1.29 is 64.5 Å². The van der Waals surface area contributed by atoms with Crippen LogP contribution in [0.5, 0.6) is 17.5 Å². The molecule has 1 unspecified atom stereocenters. The number of amides is 4. The van der Waals surface area contributed by atoms with Gasteiger partial charge in [-0.15, -0.1) is 5.10 Å². The third-order valence-electron chi connectivity index (χ3n) is 12.8. The summed E-state index contributed by atoms with van der Waals surface area (Å²) in [6, 6.07) is 6.99. The van der Waals surface area contributed by atoms with Gasteiger partial charge in [-0.25, -0.2) is 13.1 Å². The maximum absolute atomic E-state index is 14.1. The molecule has 2 aromatic carbocycles. The number of hydrogen-bond acceptors (Lipinski definition) is 17. The highest BCUT2D eigenvalue weighted by atomic mass is 32.2. The van der Waals surface area contributed by atoms with Crippen LogP contribution < -0.4 is 29.1 Å². The van der Waals surface area contributed by atoms with Crippen molar-refractivity contribution in [3.8, 4) is 17.5 Å². The molecular weight excluding hydrogens is 946 g/mol. The number of rotatable bonds is 21. The molecule has 1 atom stereocenters. The molecule has 25 heteroatoms. The third-order valence-corrected chi connectivity index (χ3v) is 14.3. The van der Waals surface area contributed by atoms with Gasteiger partial charge in [-0.3, -0.25) is 34.3 Å². The molecular formula is C45H55F3N10O11S. The van der Waals surface area contributed by atoms with Gasteiger partial charge in [-0.1, -0.05) is 6.07 Å². The van der Waals surface area contributed by atoms with Gasteiger partial charge >= 0.3 is 12.2 Å². The lowest BCUT2D eigenvalue weighted by molar-refractivity contribution is -0.140. The zero-order chi connectivity index (χ0) is 49.6. The molecule has 0 bridgehead atoms. The number of hydrogen-bond donors (Lipinski definition) is 2. The molecule has 378 valence electrons. The van der Waals surface area contributed by atoms with Gasteiger partial charge in [0.1, 0.15) is 23.3 Å². The first-order valence-corrected chi connectivity index (χ1v) is 24.5. The van der Waals surface area contributed by atoms with Crippen molar-refractivity contribution in [2.24, 2.45) is 5.92 Å². The number of nitrogens with one attached hydrogen (secondary N) is 2. The van der Waals surface area contributed by atoms with Crippen molar-refractivity contribution in [1.29, 1.82) is 0 Å². The zero-order valence-electron chi connectivity index (χ0n) is 38.7. The number of carbonyl (C=O) groups is 4. The fraction of sp³-hybridized carbons (Fsp3) is 0.533. The van der Waals surface area contributed by atoms with Crippen LogP contribution in [0.1, 0.15) is 64.8 Å². The van der Waals surface area contributed by atoms with E-state index in [2.05, 4.69) is 35.1 Å². The lowest BCUT2D eigenvalue weighted by atomic mass is 9.92. The molecule has 2 aromatic heterocycles. The van der Waals surface area contributed by atoms with E-state index in [1.165, 1.54) is 20.4 Å². The minimum Gasteiger partial charge on any atom is -0.491 e. The van der Waals surface area contributed by atoms with Crippen LogP contribution in [-0.2, 0) is 35.3 Å². The average molecular weight is 1000 g/mol. The average Bonchev–Trinajstić information content (AvgIpc) is 3.87. The van der Waals surface area contributed by atoms with Gasteiger partial charge in [-0.2, -0.15) is 27.7 Å². The number of piperidine rings is 2. The molecule has 3 fully saturated rings. The number of aromatic nitrogens is 4. The molecule has 4 aliphatic rings. The Morgan fingerprint density at radius 2 is 1.53 bits per heavy atom. The highest BCUT2D eigenvalue weighted by Gasteiger charge is 2.45. The highest BCUT2D eigenvalue weighted by Crippen LogP contribution is 2.40. The zero-order valence-corrected chi connectivity index (χ0v) is 39.6. The van der Waals surface area contributed by atoms with Crippen LogP contribution in [0, 0.1) is 5.92 Å². The fourth-order valence-corrected chi connectivity index (χ4v) is 10.5. The smallest absolute Gasteiger partial charge is 0.417 e. The molecule has 3 saturated heterocycles. The lowest BCUT2D eigenvalue weighted by Gasteiger charge is -2.37. The summed E-state index contributed by atoms with van der Waals surface area (Å²) in [6.07, 6.45) is 0.901. The Hall–Kier alpha value is -6.15. The van der Waals surface area contributed by atoms with Crippen molar-refractivity contribution in [2.75, 3.05) is 109 Å². The number of alkyl halides is 3. The molecule has 4 aromatic rings. The minimum atomic E-state index is -5.05. The predicted octanol–water partition coefficient (Wildman–Crippen LogP) is 3.09. The van der Waals surface area contributed by atoms with E-state index in [4.69, 9.17) is 23.7 Å². The van der Waals surface area contributed by atoms with E-state index in [0.29, 0.717) is 18.6 Å². The summed E-state index contributed by atoms with van der Waals surface area (Å²) in [5.41, 5.74) is -0.0154. The number of ether oxygens (including phenoxy) is 5. The Balaban J connectivity index is 0.692. The van der Waals surface area contributed by atoms with Crippen LogP contribution in [0.3, 0.4) is 0 Å². The number of likely N-dealkylation sites (tertiary alicyclic amines) is 1. The van der Waals surface area contributed by atoms with Gasteiger partial charge in [0.2, 0.25) is 17.5 Å². The van der Waals surface area contributed by atoms with Gasteiger partial charge < -0.3 is 33.5 Å². The Morgan fingerprint density at radius 1 is 0.814 bits per heavy atom. The first kappa shape index (κ1) is 50.2. The molecule has 70 heavy (non-hydrogen) atoms. The number of sulfonamides is 1. The van der Waals surface area contributed by atoms with Crippen LogP contribution in [0.2, 0.25) is 0 Å². The first-order chi connectivity index (χ1) is 33.6. The van der Waals surface area contributed by atoms with E-state index in [-0.39, 0.29) is 67.8 Å². The second-order valence-electron chi connectivity index (χ2n) is 17.2. The predicted molar refractivity (Wildman–Crippen MR) is 243 cm³/mol. The van der Waals surface area contributed by atoms with Crippen molar-refractivity contribution in [2.45, 2.75) is 55.6 Å². The molecule has 8 rings (SSSR count). The van der Waals surface area contributed by atoms with Gasteiger partial charge in [0.25, 0.3) is 27.8 Å². The summed E-state index contributed by atoms with van der Waals surface area (Å²) in [6.45, 7) is 7.78. The van der Waals surface area contributed by atoms with Crippen LogP contribution in [0.25, 0.3) is 5.65 Å². The van der Waals surface area contributed by atoms with Crippen molar-refractivity contribution >= 4 is 50.9 Å². The number of piperazine rings is 1. The largest absolute Gasteiger partial charge is 0.491 e. The van der Waals surface area contributed by atoms with Gasteiger partial charge in [0.05, 0.1) is 63.5 Å². The maximum atomic E-state index is 14.1. The summed E-state index contributed by atoms with van der Waals surface area (Å²) >= 11 is 0. The molecule has 4 amide bonds. The van der Waals surface area contributed by atoms with Crippen molar-refractivity contribution in [1.82, 2.24) is 39.6 Å². The third kappa shape index (κ3) is 11.4. The van der Waals surface area contributed by atoms with E-state index in [1.54, 1.807) is 12.1 Å². The lowest BCUT2D eigenvalue weighted by Crippen LogP contribution is -2.54. The van der Waals surface area contributed by atoms with E-state index < -0.39 is 68.0 Å². The molecule has 6 heterocycles. The molecule has 21 nitrogen and oxygen atoms in total. The summed E-state index contributed by atoms with van der Waals surface area (Å²) < 4.78 is 99.6. The number of carbonyl (C=O) groups excluding carboxylic acids is 4. The molecule has 4 aliphatic heterocycles. The topological polar surface area (TPSA) is 229 Å². The number of halogens is 3. The summed E-state index contributed by atoms with van der Waals surface area (Å²) in [4.78, 5) is 65.4. The number of imide groups is 2. The maximum Gasteiger partial charge on any atom is 0.417 e. The Kier molecular flexibility index (Phi) is 15.7. The molecule has 0 radical (unpaired) electrons. The Morgan fingerprint density at radius 3 is 2.24 bits per heavy atom. The van der Waals surface area contributed by atoms with E-state index in [1.807, 2.05) is 10.8 Å². The quantitative estimate of drug-likeness (QED) is 0.0903. The molecule has 0 aliphatic carbocycles. The van der Waals surface area contributed by atoms with Gasteiger partial charge in [0.15, 0.2) is 5.75 Å². The summed E-state index contributed by atoms with van der Waals surface area (Å²) in [7, 11) is -2.35. The standard InChI is InChI=1S/C45H55F3N10O11S/c1-65-36-28-49-44(66-2)58-39(36)51-43(52-58)53-70(63,64)38-33(45(46,47)48)6-3-7-35(38)69-26-25-68-24-23-67-22-21-55-15-12-29(13-16-55)5-4-14-54-17-19-56(20-18-54)30-8-9-31-32(27-30)42(62)57(41(31)61)34-10-11-37(59)50-40(34)60/h3,6-9,27-29,34H,4-5,10-26H2,1-2H3,(H,52,53)(H,50,59,60). The number of benzene rings is 2. The summed E-state index contributed by atoms with van der Waals surface area (Å²) in [5.74, 6) is -2.38. The fourth-order valence-electron chi connectivity index (χ4n) is 9.17. The Bertz CT molecular complexity index is 2630. The normalized spacial score (nSPS) is 18.7. The van der Waals surface area contributed by atoms with Crippen LogP contribution >= 0.6 is 0 Å². The minimum absolute atomic E-state index is 0.00489. The second-order valence-corrected chi connectivity index (χ2v) is 18.8. The highest BCUT2D eigenvalue weighted by molar-refractivity contribution is 7.92. The Labute approximate surface area is 401 Å². The number of methoxy groups -OCH3 is 2. The number of anilines is 2. The monoisotopic (exact) mass is 1000 g/mol. The van der Waals surface area contributed by atoms with Gasteiger partial charge in [0, 0.05) is 44.8 Å². The number of fused-ring (bicyclic) bond motifs is 2. The number of nitrogens with zero attached hydrogens (tertiary/aromatic N) is 8. The van der Waals surface area contributed by atoms with E-state index >= 15 is 0 Å². The first-order valence-electron chi connectivity index (χ1n) is 23.1. The SMILES string of the molecule is COc1cnc(OC)n2nc(NS(=O)(=O)c3c(OCCOCCOCCN4CCC(CCCN5CCN(c6ccc7c(c6)C(=O)N(C6CCC(=O)NC6=O)C7=O)CC5)CC4)cccc3C(F)(F)F)nc12. The van der Waals surface area contributed by atoms with E-state index in [9.17, 15) is 40.8 Å². The van der Waals surface area contributed by atoms with Crippen molar-refractivity contribution in [3.05, 3.63) is 59.3 Å². The molecule has 0 saturated carbocycles. The second kappa shape index (κ2) is 21.9.